The highest BCUT2D eigenvalue weighted by atomic mass is 15.0. The first-order valence-corrected chi connectivity index (χ1v) is 13.7. The van der Waals surface area contributed by atoms with Crippen molar-refractivity contribution >= 4 is 0 Å². The smallest absolute Gasteiger partial charge is 0.164 e. The van der Waals surface area contributed by atoms with Crippen LogP contribution in [0.1, 0.15) is 30.5 Å². The third-order valence-electron chi connectivity index (χ3n) is 8.08. The summed E-state index contributed by atoms with van der Waals surface area (Å²) in [5.74, 6) is 2.02. The lowest BCUT2D eigenvalue weighted by Crippen LogP contribution is -2.15. The molecule has 0 unspecified atom stereocenters. The maximum absolute atomic E-state index is 5.02. The highest BCUT2D eigenvalue weighted by Crippen LogP contribution is 2.50. The number of fused-ring (bicyclic) bond motifs is 3. The molecule has 0 N–H and O–H groups in total. The molecule has 3 heteroatoms. The van der Waals surface area contributed by atoms with Crippen molar-refractivity contribution in [1.29, 1.82) is 0 Å². The molecule has 192 valence electrons. The lowest BCUT2D eigenvalue weighted by Gasteiger charge is -2.22. The summed E-state index contributed by atoms with van der Waals surface area (Å²) in [6, 6.07) is 42.3. The van der Waals surface area contributed by atoms with Crippen LogP contribution in [0.2, 0.25) is 0 Å². The molecule has 0 spiro atoms. The summed E-state index contributed by atoms with van der Waals surface area (Å²) in [7, 11) is 0. The van der Waals surface area contributed by atoms with Gasteiger partial charge in [0.1, 0.15) is 0 Å². The summed E-state index contributed by atoms with van der Waals surface area (Å²) in [6.45, 7) is 6.82. The van der Waals surface area contributed by atoms with E-state index in [0.29, 0.717) is 17.5 Å². The Labute approximate surface area is 235 Å². The minimum absolute atomic E-state index is 0.0991. The lowest BCUT2D eigenvalue weighted by molar-refractivity contribution is 0.660. The zero-order valence-corrected chi connectivity index (χ0v) is 22.9. The van der Waals surface area contributed by atoms with Gasteiger partial charge in [0, 0.05) is 22.1 Å². The summed E-state index contributed by atoms with van der Waals surface area (Å²) in [5, 5.41) is 0. The number of hydrogen-bond donors (Lipinski definition) is 0. The molecule has 0 saturated carbocycles. The van der Waals surface area contributed by atoms with Crippen LogP contribution in [-0.2, 0) is 5.41 Å². The fourth-order valence-corrected chi connectivity index (χ4v) is 5.90. The zero-order valence-electron chi connectivity index (χ0n) is 22.9. The Bertz CT molecular complexity index is 1850. The number of hydrogen-bond acceptors (Lipinski definition) is 3. The van der Waals surface area contributed by atoms with Gasteiger partial charge in [-0.05, 0) is 51.9 Å². The highest BCUT2D eigenvalue weighted by molar-refractivity contribution is 5.85. The van der Waals surface area contributed by atoms with Gasteiger partial charge in [-0.2, -0.15) is 0 Å². The molecule has 0 aliphatic heterocycles. The van der Waals surface area contributed by atoms with Crippen molar-refractivity contribution in [2.24, 2.45) is 0 Å². The Morgan fingerprint density at radius 2 is 0.950 bits per heavy atom. The normalized spacial score (nSPS) is 13.1. The molecule has 40 heavy (non-hydrogen) atoms. The van der Waals surface area contributed by atoms with Gasteiger partial charge >= 0.3 is 0 Å². The van der Waals surface area contributed by atoms with Gasteiger partial charge in [-0.3, -0.25) is 0 Å². The number of nitrogens with zero attached hydrogens (tertiary/aromatic N) is 3. The highest BCUT2D eigenvalue weighted by Gasteiger charge is 2.36. The fourth-order valence-electron chi connectivity index (χ4n) is 5.90. The molecule has 0 saturated heterocycles. The number of benzene rings is 5. The molecular formula is C37H29N3. The van der Waals surface area contributed by atoms with Gasteiger partial charge in [0.15, 0.2) is 17.5 Å². The predicted octanol–water partition coefficient (Wildman–Crippen LogP) is 9.15. The maximum Gasteiger partial charge on any atom is 0.164 e. The van der Waals surface area contributed by atoms with E-state index in [4.69, 9.17) is 15.0 Å². The minimum Gasteiger partial charge on any atom is -0.208 e. The van der Waals surface area contributed by atoms with Crippen molar-refractivity contribution in [2.75, 3.05) is 0 Å². The van der Waals surface area contributed by atoms with Gasteiger partial charge in [-0.1, -0.05) is 129 Å². The Hall–Kier alpha value is -4.89. The monoisotopic (exact) mass is 515 g/mol. The van der Waals surface area contributed by atoms with Crippen molar-refractivity contribution in [2.45, 2.75) is 26.2 Å². The van der Waals surface area contributed by atoms with Crippen LogP contribution in [-0.4, -0.2) is 15.0 Å². The lowest BCUT2D eigenvalue weighted by atomic mass is 9.82. The van der Waals surface area contributed by atoms with Gasteiger partial charge in [0.25, 0.3) is 0 Å². The van der Waals surface area contributed by atoms with Crippen molar-refractivity contribution in [3.05, 3.63) is 138 Å². The Balaban J connectivity index is 1.36. The van der Waals surface area contributed by atoms with Gasteiger partial charge in [0.2, 0.25) is 0 Å². The summed E-state index contributed by atoms with van der Waals surface area (Å²) in [5.41, 5.74) is 11.8. The van der Waals surface area contributed by atoms with Crippen LogP contribution in [0, 0.1) is 6.92 Å². The Kier molecular flexibility index (Phi) is 5.67. The van der Waals surface area contributed by atoms with Gasteiger partial charge < -0.3 is 0 Å². The molecule has 1 aliphatic rings. The van der Waals surface area contributed by atoms with Crippen molar-refractivity contribution in [3.63, 3.8) is 0 Å². The van der Waals surface area contributed by atoms with E-state index in [1.54, 1.807) is 0 Å². The second kappa shape index (κ2) is 9.39. The second-order valence-corrected chi connectivity index (χ2v) is 11.0. The first kappa shape index (κ1) is 24.2. The van der Waals surface area contributed by atoms with Crippen molar-refractivity contribution < 1.29 is 0 Å². The molecule has 0 bridgehead atoms. The van der Waals surface area contributed by atoms with E-state index >= 15 is 0 Å². The van der Waals surface area contributed by atoms with E-state index in [1.807, 2.05) is 36.4 Å². The van der Waals surface area contributed by atoms with Crippen LogP contribution >= 0.6 is 0 Å². The maximum atomic E-state index is 5.02. The molecular weight excluding hydrogens is 486 g/mol. The molecule has 7 rings (SSSR count). The van der Waals surface area contributed by atoms with Gasteiger partial charge in [-0.15, -0.1) is 0 Å². The third-order valence-corrected chi connectivity index (χ3v) is 8.08. The average Bonchev–Trinajstić information content (AvgIpc) is 3.24. The first-order valence-electron chi connectivity index (χ1n) is 13.7. The summed E-state index contributed by atoms with van der Waals surface area (Å²) in [6.07, 6.45) is 0. The molecule has 5 aromatic carbocycles. The van der Waals surface area contributed by atoms with Crippen LogP contribution in [0.5, 0.6) is 0 Å². The van der Waals surface area contributed by atoms with Gasteiger partial charge in [-0.25, -0.2) is 15.0 Å². The molecule has 0 radical (unpaired) electrons. The second-order valence-electron chi connectivity index (χ2n) is 11.0. The molecule has 1 aliphatic carbocycles. The first-order chi connectivity index (χ1) is 19.5. The van der Waals surface area contributed by atoms with Crippen LogP contribution in [0.25, 0.3) is 56.4 Å². The van der Waals surface area contributed by atoms with Crippen molar-refractivity contribution in [3.8, 4) is 56.4 Å². The zero-order chi connectivity index (χ0) is 27.3. The minimum atomic E-state index is -0.0991. The summed E-state index contributed by atoms with van der Waals surface area (Å²) in [4.78, 5) is 14.9. The number of aromatic nitrogens is 3. The van der Waals surface area contributed by atoms with E-state index in [-0.39, 0.29) is 5.41 Å². The number of rotatable bonds is 4. The number of aryl methyl sites for hydroxylation is 1. The van der Waals surface area contributed by atoms with E-state index in [1.165, 1.54) is 33.4 Å². The van der Waals surface area contributed by atoms with Crippen LogP contribution in [0.3, 0.4) is 0 Å². The fraction of sp³-hybridized carbons (Fsp3) is 0.108. The largest absolute Gasteiger partial charge is 0.208 e. The molecule has 1 heterocycles. The quantitative estimate of drug-likeness (QED) is 0.235. The molecule has 1 aromatic heterocycles. The van der Waals surface area contributed by atoms with E-state index in [2.05, 4.69) is 106 Å². The Morgan fingerprint density at radius 1 is 0.450 bits per heavy atom. The van der Waals surface area contributed by atoms with Crippen LogP contribution < -0.4 is 0 Å². The third kappa shape index (κ3) is 4.02. The molecule has 0 atom stereocenters. The topological polar surface area (TPSA) is 38.7 Å². The van der Waals surface area contributed by atoms with E-state index < -0.39 is 0 Å². The van der Waals surface area contributed by atoms with E-state index in [0.717, 1.165) is 22.3 Å². The predicted molar refractivity (Wildman–Crippen MR) is 164 cm³/mol. The SMILES string of the molecule is Cc1cccc2c1-c1ccc(-c3nc(-c4ccccc4)nc(-c4ccc(-c5ccccc5)cc4)n3)cc1C2(C)C. The van der Waals surface area contributed by atoms with E-state index in [9.17, 15) is 0 Å². The Morgan fingerprint density at radius 3 is 1.60 bits per heavy atom. The van der Waals surface area contributed by atoms with Crippen LogP contribution in [0.4, 0.5) is 0 Å². The molecule has 0 amide bonds. The van der Waals surface area contributed by atoms with Gasteiger partial charge in [0.05, 0.1) is 0 Å². The molecule has 0 fully saturated rings. The molecule has 6 aromatic rings. The molecule has 3 nitrogen and oxygen atoms in total. The standard InChI is InChI=1S/C37H29N3/c1-24-11-10-16-31-33(24)30-22-21-29(23-32(30)37(31,2)3)36-39-34(27-14-8-5-9-15-27)38-35(40-36)28-19-17-26(18-20-28)25-12-6-4-7-13-25/h4-23H,1-3H3. The summed E-state index contributed by atoms with van der Waals surface area (Å²) >= 11 is 0. The summed E-state index contributed by atoms with van der Waals surface area (Å²) < 4.78 is 0. The van der Waals surface area contributed by atoms with Crippen molar-refractivity contribution in [1.82, 2.24) is 15.0 Å². The van der Waals surface area contributed by atoms with Crippen LogP contribution in [0.15, 0.2) is 121 Å². The average molecular weight is 516 g/mol.